The van der Waals surface area contributed by atoms with Gasteiger partial charge in [-0.2, -0.15) is 0 Å². The average molecular weight is 256 g/mol. The van der Waals surface area contributed by atoms with Crippen LogP contribution in [0.3, 0.4) is 0 Å². The maximum atomic E-state index is 5.59. The molecule has 0 aliphatic heterocycles. The minimum Gasteiger partial charge on any atom is -0.382 e. The fraction of sp³-hybridized carbons (Fsp3) is 0.923. The van der Waals surface area contributed by atoms with Gasteiger partial charge in [0.2, 0.25) is 5.96 Å². The predicted octanol–water partition coefficient (Wildman–Crippen LogP) is 1.35. The fourth-order valence-corrected chi connectivity index (χ4v) is 1.90. The van der Waals surface area contributed by atoms with Crippen LogP contribution in [0.15, 0.2) is 4.99 Å². The largest absolute Gasteiger partial charge is 0.382 e. The second-order valence-electron chi connectivity index (χ2n) is 4.79. The number of ether oxygens (including phenoxy) is 1. The Balaban J connectivity index is 2.35. The number of rotatable bonds is 9. The zero-order valence-corrected chi connectivity index (χ0v) is 11.8. The highest BCUT2D eigenvalue weighted by Crippen LogP contribution is 2.29. The summed E-state index contributed by atoms with van der Waals surface area (Å²) in [6.45, 7) is 8.61. The van der Waals surface area contributed by atoms with Gasteiger partial charge in [0.05, 0.1) is 0 Å². The Kier molecular flexibility index (Phi) is 7.76. The van der Waals surface area contributed by atoms with E-state index in [-0.39, 0.29) is 0 Å². The lowest BCUT2D eigenvalue weighted by atomic mass is 10.3. The van der Waals surface area contributed by atoms with Gasteiger partial charge < -0.3 is 9.64 Å². The molecule has 0 saturated heterocycles. The number of hydrogen-bond acceptors (Lipinski definition) is 3. The van der Waals surface area contributed by atoms with Gasteiger partial charge in [0, 0.05) is 32.8 Å². The highest BCUT2D eigenvalue weighted by Gasteiger charge is 2.25. The van der Waals surface area contributed by atoms with E-state index in [1.54, 1.807) is 0 Å². The summed E-state index contributed by atoms with van der Waals surface area (Å²) in [6.07, 6.45) is 4.76. The van der Waals surface area contributed by atoms with Crippen LogP contribution in [-0.4, -0.2) is 43.7 Å². The van der Waals surface area contributed by atoms with E-state index >= 15 is 0 Å². The Labute approximate surface area is 111 Å². The van der Waals surface area contributed by atoms with Crippen molar-refractivity contribution in [1.29, 1.82) is 0 Å². The third kappa shape index (κ3) is 6.21. The molecule has 1 aliphatic carbocycles. The zero-order valence-electron chi connectivity index (χ0n) is 11.8. The summed E-state index contributed by atoms with van der Waals surface area (Å²) in [5, 5.41) is 0. The lowest BCUT2D eigenvalue weighted by molar-refractivity contribution is 0.146. The van der Waals surface area contributed by atoms with Gasteiger partial charge in [-0.3, -0.25) is 10.4 Å². The summed E-state index contributed by atoms with van der Waals surface area (Å²) in [4.78, 5) is 6.82. The van der Waals surface area contributed by atoms with Crippen molar-refractivity contribution in [3.05, 3.63) is 0 Å². The summed E-state index contributed by atoms with van der Waals surface area (Å²) in [7, 11) is 0. The first kappa shape index (κ1) is 15.2. The summed E-state index contributed by atoms with van der Waals surface area (Å²) < 4.78 is 5.30. The van der Waals surface area contributed by atoms with Gasteiger partial charge in [-0.05, 0) is 38.5 Å². The van der Waals surface area contributed by atoms with Gasteiger partial charge in [0.1, 0.15) is 0 Å². The molecule has 1 rings (SSSR count). The van der Waals surface area contributed by atoms with Crippen molar-refractivity contribution < 1.29 is 4.74 Å². The lowest BCUT2D eigenvalue weighted by Crippen LogP contribution is -2.46. The Morgan fingerprint density at radius 2 is 2.22 bits per heavy atom. The van der Waals surface area contributed by atoms with Gasteiger partial charge in [-0.25, -0.2) is 5.84 Å². The normalized spacial score (nSPS) is 15.8. The molecule has 0 radical (unpaired) electrons. The molecule has 3 N–H and O–H groups in total. The molecule has 0 aromatic carbocycles. The first-order valence-corrected chi connectivity index (χ1v) is 7.15. The van der Waals surface area contributed by atoms with Crippen molar-refractivity contribution in [1.82, 2.24) is 10.3 Å². The van der Waals surface area contributed by atoms with Crippen molar-refractivity contribution in [2.45, 2.75) is 39.5 Å². The van der Waals surface area contributed by atoms with Crippen molar-refractivity contribution in [2.75, 3.05) is 32.8 Å². The summed E-state index contributed by atoms with van der Waals surface area (Å²) in [5.41, 5.74) is 2.75. The van der Waals surface area contributed by atoms with E-state index < -0.39 is 0 Å². The zero-order chi connectivity index (χ0) is 13.2. The molecule has 0 amide bonds. The number of hydrazine groups is 1. The smallest absolute Gasteiger partial charge is 0.208 e. The van der Waals surface area contributed by atoms with Gasteiger partial charge in [-0.1, -0.05) is 6.92 Å². The van der Waals surface area contributed by atoms with E-state index in [1.807, 2.05) is 6.92 Å². The molecule has 0 bridgehead atoms. The number of nitrogens with two attached hydrogens (primary N) is 1. The van der Waals surface area contributed by atoms with E-state index in [0.717, 1.165) is 57.6 Å². The quantitative estimate of drug-likeness (QED) is 0.215. The Bertz CT molecular complexity index is 241. The van der Waals surface area contributed by atoms with Crippen LogP contribution in [0.4, 0.5) is 0 Å². The molecule has 1 aliphatic rings. The van der Waals surface area contributed by atoms with Crippen LogP contribution in [-0.2, 0) is 4.74 Å². The van der Waals surface area contributed by atoms with Crippen molar-refractivity contribution in [2.24, 2.45) is 16.8 Å². The molecular formula is C13H28N4O. The Morgan fingerprint density at radius 3 is 2.78 bits per heavy atom. The number of hydrogen-bond donors (Lipinski definition) is 2. The van der Waals surface area contributed by atoms with E-state index in [4.69, 9.17) is 10.6 Å². The SMILES string of the molecule is CCCN(CC1CC1)C(=NCCCOCC)NN. The first-order valence-electron chi connectivity index (χ1n) is 7.15. The molecule has 0 atom stereocenters. The highest BCUT2D eigenvalue weighted by atomic mass is 16.5. The molecule has 106 valence electrons. The van der Waals surface area contributed by atoms with Gasteiger partial charge in [0.25, 0.3) is 0 Å². The van der Waals surface area contributed by atoms with E-state index in [2.05, 4.69) is 22.2 Å². The average Bonchev–Trinajstić information content (AvgIpc) is 3.17. The molecule has 0 spiro atoms. The van der Waals surface area contributed by atoms with Crippen molar-refractivity contribution >= 4 is 5.96 Å². The van der Waals surface area contributed by atoms with Crippen LogP contribution in [0.2, 0.25) is 0 Å². The molecule has 18 heavy (non-hydrogen) atoms. The van der Waals surface area contributed by atoms with E-state index in [1.165, 1.54) is 12.8 Å². The molecule has 0 aromatic rings. The minimum atomic E-state index is 0.768. The summed E-state index contributed by atoms with van der Waals surface area (Å²) in [5.74, 6) is 7.27. The van der Waals surface area contributed by atoms with Gasteiger partial charge in [0.15, 0.2) is 0 Å². The Morgan fingerprint density at radius 1 is 1.44 bits per heavy atom. The molecular weight excluding hydrogens is 228 g/mol. The van der Waals surface area contributed by atoms with Crippen LogP contribution in [0.5, 0.6) is 0 Å². The van der Waals surface area contributed by atoms with Crippen LogP contribution in [0, 0.1) is 5.92 Å². The van der Waals surface area contributed by atoms with Crippen LogP contribution in [0.25, 0.3) is 0 Å². The van der Waals surface area contributed by atoms with Gasteiger partial charge in [-0.15, -0.1) is 0 Å². The molecule has 0 aromatic heterocycles. The molecule has 5 nitrogen and oxygen atoms in total. The molecule has 1 fully saturated rings. The van der Waals surface area contributed by atoms with E-state index in [0.29, 0.717) is 0 Å². The minimum absolute atomic E-state index is 0.768. The highest BCUT2D eigenvalue weighted by molar-refractivity contribution is 5.79. The predicted molar refractivity (Wildman–Crippen MR) is 75.3 cm³/mol. The Hall–Kier alpha value is -0.810. The molecule has 0 heterocycles. The number of aliphatic imine (C=N–C) groups is 1. The third-order valence-electron chi connectivity index (χ3n) is 3.01. The van der Waals surface area contributed by atoms with E-state index in [9.17, 15) is 0 Å². The fourth-order valence-electron chi connectivity index (χ4n) is 1.90. The third-order valence-corrected chi connectivity index (χ3v) is 3.01. The second kappa shape index (κ2) is 9.16. The van der Waals surface area contributed by atoms with Gasteiger partial charge >= 0.3 is 0 Å². The standard InChI is InChI=1S/C13H28N4O/c1-3-9-17(11-12-6-7-12)13(16-14)15-8-5-10-18-4-2/h12H,3-11,14H2,1-2H3,(H,15,16). The van der Waals surface area contributed by atoms with Crippen LogP contribution < -0.4 is 11.3 Å². The lowest BCUT2D eigenvalue weighted by Gasteiger charge is -2.25. The summed E-state index contributed by atoms with van der Waals surface area (Å²) in [6, 6.07) is 0. The van der Waals surface area contributed by atoms with Crippen LogP contribution >= 0.6 is 0 Å². The monoisotopic (exact) mass is 256 g/mol. The maximum Gasteiger partial charge on any atom is 0.208 e. The first-order chi connectivity index (χ1) is 8.81. The number of guanidine groups is 1. The molecule has 1 saturated carbocycles. The number of nitrogens with one attached hydrogen (secondary N) is 1. The second-order valence-corrected chi connectivity index (χ2v) is 4.79. The number of nitrogens with zero attached hydrogens (tertiary/aromatic N) is 2. The van der Waals surface area contributed by atoms with Crippen molar-refractivity contribution in [3.8, 4) is 0 Å². The molecule has 5 heteroatoms. The topological polar surface area (TPSA) is 62.9 Å². The summed E-state index contributed by atoms with van der Waals surface area (Å²) >= 11 is 0. The maximum absolute atomic E-state index is 5.59. The molecule has 0 unspecified atom stereocenters. The van der Waals surface area contributed by atoms with Crippen LogP contribution in [0.1, 0.15) is 39.5 Å². The van der Waals surface area contributed by atoms with Crippen molar-refractivity contribution in [3.63, 3.8) is 0 Å².